The molecule has 7 nitrogen and oxygen atoms in total. The third-order valence-electron chi connectivity index (χ3n) is 4.28. The number of rotatable bonds is 6. The summed E-state index contributed by atoms with van der Waals surface area (Å²) in [7, 11) is -4.30. The van der Waals surface area contributed by atoms with Crippen molar-refractivity contribution in [2.24, 2.45) is 5.92 Å². The molecule has 0 radical (unpaired) electrons. The second-order valence-electron chi connectivity index (χ2n) is 6.28. The molecule has 1 aliphatic rings. The molecule has 156 valence electrons. The van der Waals surface area contributed by atoms with E-state index in [2.05, 4.69) is 0 Å². The van der Waals surface area contributed by atoms with Gasteiger partial charge in [-0.25, -0.2) is 13.1 Å². The number of carbonyl (C=O) groups is 2. The van der Waals surface area contributed by atoms with Crippen molar-refractivity contribution in [1.82, 2.24) is 9.62 Å². The van der Waals surface area contributed by atoms with Gasteiger partial charge >= 0.3 is 12.1 Å². The number of piperidine rings is 1. The molecule has 1 amide bonds. The quantitative estimate of drug-likeness (QED) is 0.706. The van der Waals surface area contributed by atoms with Crippen LogP contribution in [0.4, 0.5) is 13.2 Å². The lowest BCUT2D eigenvalue weighted by molar-refractivity contribution is -0.151. The highest BCUT2D eigenvalue weighted by atomic mass is 32.2. The maximum Gasteiger partial charge on any atom is 0.416 e. The number of hydrogen-bond donors (Lipinski definition) is 1. The number of benzene rings is 1. The van der Waals surface area contributed by atoms with Crippen molar-refractivity contribution in [1.29, 1.82) is 0 Å². The number of carbonyl (C=O) groups excluding carboxylic acids is 2. The van der Waals surface area contributed by atoms with Crippen LogP contribution in [0.5, 0.6) is 0 Å². The van der Waals surface area contributed by atoms with Crippen molar-refractivity contribution in [2.75, 3.05) is 26.2 Å². The Labute approximate surface area is 160 Å². The fourth-order valence-electron chi connectivity index (χ4n) is 2.85. The second kappa shape index (κ2) is 8.91. The Bertz CT molecular complexity index is 826. The molecule has 0 aromatic heterocycles. The molecule has 1 aliphatic heterocycles. The van der Waals surface area contributed by atoms with Gasteiger partial charge in [0.1, 0.15) is 0 Å². The minimum atomic E-state index is -4.68. The van der Waals surface area contributed by atoms with Crippen LogP contribution in [-0.2, 0) is 30.5 Å². The molecule has 0 spiro atoms. The number of sulfonamides is 1. The van der Waals surface area contributed by atoms with Crippen LogP contribution in [0, 0.1) is 5.92 Å². The zero-order chi connectivity index (χ0) is 20.9. The fourth-order valence-corrected chi connectivity index (χ4v) is 3.87. The lowest BCUT2D eigenvalue weighted by Crippen LogP contribution is -2.46. The monoisotopic (exact) mass is 422 g/mol. The Kier molecular flexibility index (Phi) is 7.05. The predicted molar refractivity (Wildman–Crippen MR) is 92.6 cm³/mol. The Morgan fingerprint density at radius 1 is 1.32 bits per heavy atom. The average molecular weight is 422 g/mol. The minimum absolute atomic E-state index is 0.114. The van der Waals surface area contributed by atoms with E-state index in [0.717, 1.165) is 18.2 Å². The van der Waals surface area contributed by atoms with E-state index < -0.39 is 51.0 Å². The van der Waals surface area contributed by atoms with Crippen molar-refractivity contribution in [3.05, 3.63) is 29.8 Å². The number of likely N-dealkylation sites (tertiary alicyclic amines) is 1. The number of halogens is 3. The SMILES string of the molecule is CCOC(=O)C1CCCN(C(=O)CNS(=O)(=O)c2cccc(C(F)(F)F)c2)C1. The lowest BCUT2D eigenvalue weighted by atomic mass is 9.98. The van der Waals surface area contributed by atoms with Gasteiger partial charge in [0.25, 0.3) is 0 Å². The Morgan fingerprint density at radius 2 is 2.04 bits per heavy atom. The molecule has 11 heteroatoms. The third kappa shape index (κ3) is 5.68. The molecule has 1 saturated heterocycles. The van der Waals surface area contributed by atoms with Crippen molar-refractivity contribution in [3.63, 3.8) is 0 Å². The Hall–Kier alpha value is -2.14. The molecule has 1 aromatic carbocycles. The number of ether oxygens (including phenoxy) is 1. The molecule has 1 N–H and O–H groups in total. The molecule has 0 saturated carbocycles. The molecule has 0 aliphatic carbocycles. The van der Waals surface area contributed by atoms with Gasteiger partial charge in [0.2, 0.25) is 15.9 Å². The number of hydrogen-bond acceptors (Lipinski definition) is 5. The predicted octanol–water partition coefficient (Wildman–Crippen LogP) is 1.79. The number of amides is 1. The summed E-state index contributed by atoms with van der Waals surface area (Å²) in [5.74, 6) is -1.45. The third-order valence-corrected chi connectivity index (χ3v) is 5.68. The molecular weight excluding hydrogens is 401 g/mol. The zero-order valence-electron chi connectivity index (χ0n) is 15.2. The first-order valence-electron chi connectivity index (χ1n) is 8.66. The molecule has 2 rings (SSSR count). The van der Waals surface area contributed by atoms with E-state index in [1.165, 1.54) is 4.90 Å². The van der Waals surface area contributed by atoms with Crippen LogP contribution in [-0.4, -0.2) is 51.4 Å². The van der Waals surface area contributed by atoms with Crippen LogP contribution in [0.15, 0.2) is 29.2 Å². The van der Waals surface area contributed by atoms with Gasteiger partial charge in [-0.2, -0.15) is 13.2 Å². The molecule has 1 heterocycles. The highest BCUT2D eigenvalue weighted by Gasteiger charge is 2.32. The summed E-state index contributed by atoms with van der Waals surface area (Å²) in [6, 6.07) is 3.26. The summed E-state index contributed by atoms with van der Waals surface area (Å²) in [6.07, 6.45) is -3.55. The molecular formula is C17H21F3N2O5S. The fraction of sp³-hybridized carbons (Fsp3) is 0.529. The van der Waals surface area contributed by atoms with Crippen molar-refractivity contribution >= 4 is 21.9 Å². The van der Waals surface area contributed by atoms with Crippen molar-refractivity contribution < 1.29 is 35.9 Å². The van der Waals surface area contributed by atoms with E-state index in [-0.39, 0.29) is 13.2 Å². The number of nitrogens with one attached hydrogen (secondary N) is 1. The van der Waals surface area contributed by atoms with Crippen molar-refractivity contribution in [2.45, 2.75) is 30.8 Å². The number of esters is 1. The smallest absolute Gasteiger partial charge is 0.416 e. The summed E-state index contributed by atoms with van der Waals surface area (Å²) in [4.78, 5) is 24.9. The maximum absolute atomic E-state index is 12.8. The van der Waals surface area contributed by atoms with E-state index in [9.17, 15) is 31.2 Å². The molecule has 1 atom stereocenters. The van der Waals surface area contributed by atoms with E-state index >= 15 is 0 Å². The summed E-state index contributed by atoms with van der Waals surface area (Å²) in [6.45, 7) is 1.75. The second-order valence-corrected chi connectivity index (χ2v) is 8.05. The highest BCUT2D eigenvalue weighted by molar-refractivity contribution is 7.89. The van der Waals surface area contributed by atoms with Crippen LogP contribution in [0.2, 0.25) is 0 Å². The summed E-state index contributed by atoms with van der Waals surface area (Å²) in [5.41, 5.74) is -1.10. The molecule has 28 heavy (non-hydrogen) atoms. The summed E-state index contributed by atoms with van der Waals surface area (Å²) >= 11 is 0. The first-order valence-corrected chi connectivity index (χ1v) is 10.1. The standard InChI is InChI=1S/C17H21F3N2O5S/c1-2-27-16(24)12-5-4-8-22(11-12)15(23)10-21-28(25,26)14-7-3-6-13(9-14)17(18,19)20/h3,6-7,9,12,21H,2,4-5,8,10-11H2,1H3. The van der Waals surface area contributed by atoms with Crippen molar-refractivity contribution in [3.8, 4) is 0 Å². The highest BCUT2D eigenvalue weighted by Crippen LogP contribution is 2.30. The van der Waals surface area contributed by atoms with Gasteiger partial charge in [0, 0.05) is 13.1 Å². The topological polar surface area (TPSA) is 92.8 Å². The molecule has 1 aromatic rings. The van der Waals surface area contributed by atoms with E-state index in [0.29, 0.717) is 25.5 Å². The van der Waals surface area contributed by atoms with Crippen LogP contribution in [0.3, 0.4) is 0 Å². The lowest BCUT2D eigenvalue weighted by Gasteiger charge is -2.31. The van der Waals surface area contributed by atoms with Gasteiger partial charge in [-0.05, 0) is 38.0 Å². The minimum Gasteiger partial charge on any atom is -0.466 e. The van der Waals surface area contributed by atoms with Crippen LogP contribution < -0.4 is 4.72 Å². The van der Waals surface area contributed by atoms with Crippen LogP contribution in [0.1, 0.15) is 25.3 Å². The number of alkyl halides is 3. The molecule has 1 fully saturated rings. The maximum atomic E-state index is 12.8. The first kappa shape index (κ1) is 22.2. The summed E-state index contributed by atoms with van der Waals surface area (Å²) < 4.78 is 69.7. The van der Waals surface area contributed by atoms with E-state index in [4.69, 9.17) is 4.74 Å². The largest absolute Gasteiger partial charge is 0.466 e. The van der Waals surface area contributed by atoms with E-state index in [1.54, 1.807) is 6.92 Å². The molecule has 0 bridgehead atoms. The first-order chi connectivity index (χ1) is 13.0. The van der Waals surface area contributed by atoms with Gasteiger partial charge in [0.15, 0.2) is 0 Å². The summed E-state index contributed by atoms with van der Waals surface area (Å²) in [5, 5.41) is 0. The van der Waals surface area contributed by atoms with Gasteiger partial charge in [-0.3, -0.25) is 9.59 Å². The van der Waals surface area contributed by atoms with E-state index in [1.807, 2.05) is 4.72 Å². The van der Waals surface area contributed by atoms with Gasteiger partial charge in [-0.15, -0.1) is 0 Å². The molecule has 1 unspecified atom stereocenters. The van der Waals surface area contributed by atoms with Crippen LogP contribution >= 0.6 is 0 Å². The van der Waals surface area contributed by atoms with Gasteiger partial charge in [-0.1, -0.05) is 6.07 Å². The Morgan fingerprint density at radius 3 is 2.68 bits per heavy atom. The normalized spacial score (nSPS) is 18.0. The zero-order valence-corrected chi connectivity index (χ0v) is 16.0. The van der Waals surface area contributed by atoms with Gasteiger partial charge in [0.05, 0.1) is 29.5 Å². The number of nitrogens with zero attached hydrogens (tertiary/aromatic N) is 1. The van der Waals surface area contributed by atoms with Crippen LogP contribution in [0.25, 0.3) is 0 Å². The van der Waals surface area contributed by atoms with Gasteiger partial charge < -0.3 is 9.64 Å². The Balaban J connectivity index is 2.00. The average Bonchev–Trinajstić information content (AvgIpc) is 2.66.